The number of carbonyl (C=O) groups excluding carboxylic acids is 1. The number of H-pyrrole nitrogens is 1. The molecule has 0 unspecified atom stereocenters. The highest BCUT2D eigenvalue weighted by Crippen LogP contribution is 2.32. The molecule has 1 aliphatic heterocycles. The van der Waals surface area contributed by atoms with Gasteiger partial charge in [-0.05, 0) is 44.1 Å². The number of amides is 1. The molecule has 1 atom stereocenters. The number of aromatic amines is 1. The van der Waals surface area contributed by atoms with Gasteiger partial charge in [0.05, 0.1) is 6.42 Å². The minimum atomic E-state index is -1.03. The summed E-state index contributed by atoms with van der Waals surface area (Å²) < 4.78 is 0. The summed E-state index contributed by atoms with van der Waals surface area (Å²) in [5, 5.41) is 21.9. The van der Waals surface area contributed by atoms with Gasteiger partial charge in [-0.1, -0.05) is 6.42 Å². The van der Waals surface area contributed by atoms with Gasteiger partial charge >= 0.3 is 11.9 Å². The highest BCUT2D eigenvalue weighted by molar-refractivity contribution is 5.96. The Hall–Kier alpha value is -2.87. The van der Waals surface area contributed by atoms with Gasteiger partial charge in [0.2, 0.25) is 5.91 Å². The number of carbonyl (C=O) groups is 3. The molecule has 1 aromatic carbocycles. The summed E-state index contributed by atoms with van der Waals surface area (Å²) in [4.78, 5) is 39.5. The van der Waals surface area contributed by atoms with Gasteiger partial charge in [0, 0.05) is 34.8 Å². The molecule has 0 radical (unpaired) electrons. The maximum Gasteiger partial charge on any atom is 0.325 e. The number of carboxylic acid groups (broad SMARTS) is 2. The Morgan fingerprint density at radius 1 is 1.11 bits per heavy atom. The molecule has 1 saturated heterocycles. The van der Waals surface area contributed by atoms with E-state index in [4.69, 9.17) is 5.11 Å². The van der Waals surface area contributed by atoms with Crippen LogP contribution in [0.1, 0.15) is 43.7 Å². The highest BCUT2D eigenvalue weighted by Gasteiger charge is 2.30. The molecule has 144 valence electrons. The van der Waals surface area contributed by atoms with Crippen molar-refractivity contribution in [1.29, 1.82) is 0 Å². The molecule has 1 amide bonds. The zero-order chi connectivity index (χ0) is 19.4. The zero-order valence-electron chi connectivity index (χ0n) is 14.9. The van der Waals surface area contributed by atoms with Crippen molar-refractivity contribution in [3.8, 4) is 0 Å². The minimum Gasteiger partial charge on any atom is -0.481 e. The summed E-state index contributed by atoms with van der Waals surface area (Å²) in [6, 6.07) is 4.48. The Morgan fingerprint density at radius 3 is 2.52 bits per heavy atom. The largest absolute Gasteiger partial charge is 0.481 e. The van der Waals surface area contributed by atoms with Gasteiger partial charge in [0.15, 0.2) is 0 Å². The first-order valence-corrected chi connectivity index (χ1v) is 9.05. The Kier molecular flexibility index (Phi) is 5.75. The second-order valence-electron chi connectivity index (χ2n) is 6.78. The molecule has 0 saturated carbocycles. The molecule has 1 aromatic heterocycles. The van der Waals surface area contributed by atoms with Crippen molar-refractivity contribution < 1.29 is 24.6 Å². The molecule has 0 spiro atoms. The first-order chi connectivity index (χ1) is 13.0. The molecule has 0 aliphatic carbocycles. The van der Waals surface area contributed by atoms with Crippen LogP contribution in [0.25, 0.3) is 10.9 Å². The van der Waals surface area contributed by atoms with Gasteiger partial charge < -0.3 is 20.5 Å². The van der Waals surface area contributed by atoms with Gasteiger partial charge in [-0.3, -0.25) is 19.3 Å². The maximum absolute atomic E-state index is 12.0. The molecule has 8 heteroatoms. The van der Waals surface area contributed by atoms with Crippen molar-refractivity contribution in [2.75, 3.05) is 18.4 Å². The fraction of sp³-hybridized carbons (Fsp3) is 0.421. The number of hydrogen-bond acceptors (Lipinski definition) is 4. The maximum atomic E-state index is 12.0. The summed E-state index contributed by atoms with van der Waals surface area (Å²) in [6.45, 7) is 1.49. The fourth-order valence-corrected chi connectivity index (χ4v) is 3.55. The molecular formula is C19H23N3O5. The number of benzene rings is 1. The lowest BCUT2D eigenvalue weighted by atomic mass is 10.0. The SMILES string of the molecule is O=C(O)CCC(=O)Nc1ccc2[nH]cc([C@H](C(=O)O)N3CCCCC3)c2c1. The number of aliphatic carboxylic acids is 2. The summed E-state index contributed by atoms with van der Waals surface area (Å²) in [7, 11) is 0. The number of hydrogen-bond donors (Lipinski definition) is 4. The van der Waals surface area contributed by atoms with Crippen LogP contribution in [0.15, 0.2) is 24.4 Å². The second-order valence-corrected chi connectivity index (χ2v) is 6.78. The number of fused-ring (bicyclic) bond motifs is 1. The fourth-order valence-electron chi connectivity index (χ4n) is 3.55. The molecule has 2 aromatic rings. The van der Waals surface area contributed by atoms with Crippen molar-refractivity contribution in [1.82, 2.24) is 9.88 Å². The van der Waals surface area contributed by atoms with E-state index in [2.05, 4.69) is 10.3 Å². The van der Waals surface area contributed by atoms with E-state index in [9.17, 15) is 19.5 Å². The van der Waals surface area contributed by atoms with E-state index < -0.39 is 18.0 Å². The van der Waals surface area contributed by atoms with E-state index in [1.807, 2.05) is 4.90 Å². The van der Waals surface area contributed by atoms with Crippen LogP contribution in [0.2, 0.25) is 0 Å². The summed E-state index contributed by atoms with van der Waals surface area (Å²) in [5.74, 6) is -2.31. The third-order valence-electron chi connectivity index (χ3n) is 4.85. The average Bonchev–Trinajstić information content (AvgIpc) is 3.04. The van der Waals surface area contributed by atoms with E-state index in [1.54, 1.807) is 24.4 Å². The lowest BCUT2D eigenvalue weighted by Crippen LogP contribution is -2.37. The third-order valence-corrected chi connectivity index (χ3v) is 4.85. The van der Waals surface area contributed by atoms with Crippen LogP contribution in [0, 0.1) is 0 Å². The Labute approximate surface area is 156 Å². The predicted molar refractivity (Wildman–Crippen MR) is 99.6 cm³/mol. The van der Waals surface area contributed by atoms with E-state index in [0.29, 0.717) is 11.3 Å². The summed E-state index contributed by atoms with van der Waals surface area (Å²) in [6.07, 6.45) is 4.45. The van der Waals surface area contributed by atoms with Crippen LogP contribution in [-0.4, -0.2) is 51.0 Å². The van der Waals surface area contributed by atoms with Crippen molar-refractivity contribution in [3.63, 3.8) is 0 Å². The standard InChI is InChI=1S/C19H23N3O5/c23-16(6-7-17(24)25)21-12-4-5-15-13(10-12)14(11-20-15)18(19(26)27)22-8-2-1-3-9-22/h4-5,10-11,18,20H,1-3,6-9H2,(H,21,23)(H,24,25)(H,26,27)/t18-/m1/s1. The van der Waals surface area contributed by atoms with E-state index in [-0.39, 0.29) is 18.7 Å². The van der Waals surface area contributed by atoms with Gasteiger partial charge in [0.1, 0.15) is 6.04 Å². The van der Waals surface area contributed by atoms with Crippen LogP contribution in [0.3, 0.4) is 0 Å². The number of nitrogens with one attached hydrogen (secondary N) is 2. The van der Waals surface area contributed by atoms with Crippen molar-refractivity contribution in [2.24, 2.45) is 0 Å². The minimum absolute atomic E-state index is 0.112. The molecule has 0 bridgehead atoms. The molecule has 1 fully saturated rings. The van der Waals surface area contributed by atoms with Crippen LogP contribution in [-0.2, 0) is 14.4 Å². The third kappa shape index (κ3) is 4.46. The van der Waals surface area contributed by atoms with E-state index in [0.717, 1.165) is 43.3 Å². The number of aromatic nitrogens is 1. The first-order valence-electron chi connectivity index (χ1n) is 9.05. The van der Waals surface area contributed by atoms with Gasteiger partial charge in [-0.15, -0.1) is 0 Å². The Morgan fingerprint density at radius 2 is 1.85 bits per heavy atom. The van der Waals surface area contributed by atoms with Gasteiger partial charge in [0.25, 0.3) is 0 Å². The average molecular weight is 373 g/mol. The van der Waals surface area contributed by atoms with Crippen LogP contribution in [0.5, 0.6) is 0 Å². The molecular weight excluding hydrogens is 350 g/mol. The monoisotopic (exact) mass is 373 g/mol. The van der Waals surface area contributed by atoms with Crippen LogP contribution in [0.4, 0.5) is 5.69 Å². The van der Waals surface area contributed by atoms with E-state index >= 15 is 0 Å². The highest BCUT2D eigenvalue weighted by atomic mass is 16.4. The molecule has 8 nitrogen and oxygen atoms in total. The molecule has 1 aliphatic rings. The molecule has 4 N–H and O–H groups in total. The number of nitrogens with zero attached hydrogens (tertiary/aromatic N) is 1. The van der Waals surface area contributed by atoms with Crippen molar-refractivity contribution in [3.05, 3.63) is 30.0 Å². The normalized spacial score (nSPS) is 16.1. The summed E-state index contributed by atoms with van der Waals surface area (Å²) >= 11 is 0. The van der Waals surface area contributed by atoms with Crippen LogP contribution < -0.4 is 5.32 Å². The second kappa shape index (κ2) is 8.22. The zero-order valence-corrected chi connectivity index (χ0v) is 14.9. The smallest absolute Gasteiger partial charge is 0.325 e. The number of rotatable bonds is 7. The number of carboxylic acids is 2. The first kappa shape index (κ1) is 18.9. The molecule has 27 heavy (non-hydrogen) atoms. The topological polar surface area (TPSA) is 123 Å². The Bertz CT molecular complexity index is 854. The number of piperidine rings is 1. The summed E-state index contributed by atoms with van der Waals surface area (Å²) in [5.41, 5.74) is 1.97. The van der Waals surface area contributed by atoms with Crippen molar-refractivity contribution in [2.45, 2.75) is 38.1 Å². The van der Waals surface area contributed by atoms with Gasteiger partial charge in [-0.2, -0.15) is 0 Å². The quantitative estimate of drug-likeness (QED) is 0.592. The Balaban J connectivity index is 1.86. The van der Waals surface area contributed by atoms with E-state index in [1.165, 1.54) is 0 Å². The predicted octanol–water partition coefficient (Wildman–Crippen LogP) is 2.58. The number of anilines is 1. The van der Waals surface area contributed by atoms with Gasteiger partial charge in [-0.25, -0.2) is 0 Å². The molecule has 2 heterocycles. The lowest BCUT2D eigenvalue weighted by Gasteiger charge is -2.31. The van der Waals surface area contributed by atoms with Crippen LogP contribution >= 0.6 is 0 Å². The lowest BCUT2D eigenvalue weighted by molar-refractivity contribution is -0.144. The number of likely N-dealkylation sites (tertiary alicyclic amines) is 1. The molecule has 3 rings (SSSR count). The van der Waals surface area contributed by atoms with Crippen molar-refractivity contribution >= 4 is 34.4 Å².